The molecule has 5 saturated carbocycles. The second-order valence-corrected chi connectivity index (χ2v) is 15.1. The molecule has 6 fully saturated rings. The molecule has 13 heteroatoms. The molecular weight excluding hydrogens is 638 g/mol. The van der Waals surface area contributed by atoms with Crippen LogP contribution in [0.4, 0.5) is 0 Å². The summed E-state index contributed by atoms with van der Waals surface area (Å²) in [4.78, 5) is 29.8. The molecule has 7 rings (SSSR count). The maximum atomic E-state index is 14.1. The monoisotopic (exact) mass is 689 g/mol. The van der Waals surface area contributed by atoms with Crippen molar-refractivity contribution in [2.75, 3.05) is 62.4 Å². The molecule has 13 nitrogen and oxygen atoms in total. The zero-order valence-electron chi connectivity index (χ0n) is 29.7. The average Bonchev–Trinajstić information content (AvgIpc) is 3.46. The normalized spacial score (nSPS) is 45.9. The Labute approximate surface area is 287 Å². The van der Waals surface area contributed by atoms with E-state index in [0.29, 0.717) is 31.0 Å². The van der Waals surface area contributed by atoms with E-state index in [2.05, 4.69) is 11.8 Å². The lowest BCUT2D eigenvalue weighted by Crippen LogP contribution is -2.79. The lowest BCUT2D eigenvalue weighted by molar-refractivity contribution is -0.300. The van der Waals surface area contributed by atoms with Crippen LogP contribution in [0.3, 0.4) is 0 Å². The Morgan fingerprint density at radius 2 is 1.67 bits per heavy atom. The zero-order chi connectivity index (χ0) is 35.3. The molecule has 1 saturated heterocycles. The van der Waals surface area contributed by atoms with Crippen molar-refractivity contribution in [2.45, 2.75) is 80.9 Å². The van der Waals surface area contributed by atoms with Crippen LogP contribution in [0.5, 0.6) is 11.5 Å². The number of ether oxygens (including phenoxy) is 8. The molecule has 0 amide bonds. The Morgan fingerprint density at radius 1 is 0.959 bits per heavy atom. The summed E-state index contributed by atoms with van der Waals surface area (Å²) in [5.41, 5.74) is -4.09. The predicted octanol–water partition coefficient (Wildman–Crippen LogP) is 1.69. The van der Waals surface area contributed by atoms with Crippen LogP contribution in [0.15, 0.2) is 18.2 Å². The molecule has 0 aromatic heterocycles. The second-order valence-electron chi connectivity index (χ2n) is 15.1. The van der Waals surface area contributed by atoms with Crippen LogP contribution in [0.1, 0.15) is 43.5 Å². The van der Waals surface area contributed by atoms with Gasteiger partial charge in [0.2, 0.25) is 0 Å². The third kappa shape index (κ3) is 4.24. The molecule has 2 N–H and O–H groups in total. The Morgan fingerprint density at radius 3 is 2.27 bits per heavy atom. The standard InChI is InChI=1S/C36H51NO12/c1-9-37-16-33(17-42-3)23(39)13-24(45-6)36-20-14-34(41)25(46-7)15-35(49-18(2)38,27(30(36)37)28(47-8)29(33)36)26(20)31(34)48-32(40)19-10-11-21(43-4)22(12-19)44-5/h10-12,20,23-31,39,41H,9,13-17H2,1-8H3/t20?,23-,24+,25+,26?,27?,28?,29?,30?,31?,33+,34+,35-,36?/m1/s1. The number of piperidine rings is 1. The smallest absolute Gasteiger partial charge is 0.338 e. The fourth-order valence-electron chi connectivity index (χ4n) is 12.6. The zero-order valence-corrected chi connectivity index (χ0v) is 29.7. The second kappa shape index (κ2) is 12.0. The first-order chi connectivity index (χ1) is 23.4. The van der Waals surface area contributed by atoms with Crippen LogP contribution in [0.2, 0.25) is 0 Å². The SMILES string of the molecule is CCN1C[C@@]2(COC)C3C(OC)C4C1C3(C1C[C@@]3(O)C(OC(=O)c5ccc(OC)c(OC)c5)C1[C@]4(OC(C)=O)C[C@@H]3OC)[C@@H](OC)C[C@H]2O. The molecule has 14 atom stereocenters. The number of benzene rings is 1. The van der Waals surface area contributed by atoms with Crippen molar-refractivity contribution in [3.05, 3.63) is 23.8 Å². The quantitative estimate of drug-likeness (QED) is 0.325. The molecule has 1 spiro atoms. The van der Waals surface area contributed by atoms with Gasteiger partial charge in [-0.25, -0.2) is 4.79 Å². The minimum absolute atomic E-state index is 0.185. The van der Waals surface area contributed by atoms with Crippen LogP contribution in [-0.2, 0) is 33.2 Å². The largest absolute Gasteiger partial charge is 0.493 e. The number of esters is 2. The fraction of sp³-hybridized carbons (Fsp3) is 0.778. The number of nitrogens with zero attached hydrogens (tertiary/aromatic N) is 1. The van der Waals surface area contributed by atoms with Crippen molar-refractivity contribution in [3.63, 3.8) is 0 Å². The van der Waals surface area contributed by atoms with E-state index in [1.54, 1.807) is 39.5 Å². The van der Waals surface area contributed by atoms with Gasteiger partial charge in [0.1, 0.15) is 17.3 Å². The Kier molecular flexibility index (Phi) is 8.57. The molecule has 7 bridgehead atoms. The Balaban J connectivity index is 1.46. The molecule has 49 heavy (non-hydrogen) atoms. The van der Waals surface area contributed by atoms with E-state index in [9.17, 15) is 19.8 Å². The summed E-state index contributed by atoms with van der Waals surface area (Å²) in [5, 5.41) is 24.9. The van der Waals surface area contributed by atoms with Gasteiger partial charge < -0.3 is 48.1 Å². The van der Waals surface area contributed by atoms with Gasteiger partial charge in [-0.15, -0.1) is 0 Å². The van der Waals surface area contributed by atoms with Crippen molar-refractivity contribution in [3.8, 4) is 11.5 Å². The maximum Gasteiger partial charge on any atom is 0.338 e. The number of aliphatic hydroxyl groups is 2. The van der Waals surface area contributed by atoms with Crippen LogP contribution >= 0.6 is 0 Å². The van der Waals surface area contributed by atoms with Crippen molar-refractivity contribution < 1.29 is 57.7 Å². The van der Waals surface area contributed by atoms with Gasteiger partial charge in [-0.2, -0.15) is 0 Å². The van der Waals surface area contributed by atoms with Gasteiger partial charge in [-0.1, -0.05) is 6.92 Å². The first-order valence-electron chi connectivity index (χ1n) is 17.3. The third-order valence-electron chi connectivity index (χ3n) is 13.7. The number of fused-ring (bicyclic) bond motifs is 2. The summed E-state index contributed by atoms with van der Waals surface area (Å²) in [7, 11) is 9.53. The molecule has 272 valence electrons. The number of methoxy groups -OCH3 is 6. The lowest BCUT2D eigenvalue weighted by atomic mass is 9.42. The lowest BCUT2D eigenvalue weighted by Gasteiger charge is -2.70. The summed E-state index contributed by atoms with van der Waals surface area (Å²) in [5.74, 6) is -2.07. The van der Waals surface area contributed by atoms with Gasteiger partial charge in [-0.05, 0) is 37.1 Å². The number of aliphatic hydroxyl groups excluding tert-OH is 1. The van der Waals surface area contributed by atoms with Gasteiger partial charge >= 0.3 is 11.9 Å². The number of rotatable bonds is 11. The Bertz CT molecular complexity index is 1480. The molecule has 1 aromatic carbocycles. The van der Waals surface area contributed by atoms with Crippen LogP contribution in [0, 0.1) is 34.5 Å². The fourth-order valence-corrected chi connectivity index (χ4v) is 12.6. The van der Waals surface area contributed by atoms with E-state index in [-0.39, 0.29) is 42.9 Å². The van der Waals surface area contributed by atoms with Gasteiger partial charge in [0.05, 0.1) is 50.8 Å². The molecular formula is C36H51NO12. The molecule has 8 unspecified atom stereocenters. The van der Waals surface area contributed by atoms with Gasteiger partial charge in [0.15, 0.2) is 11.5 Å². The highest BCUT2D eigenvalue weighted by atomic mass is 16.6. The summed E-state index contributed by atoms with van der Waals surface area (Å²) < 4.78 is 48.9. The summed E-state index contributed by atoms with van der Waals surface area (Å²) in [6.45, 7) is 4.99. The molecule has 6 aliphatic rings. The van der Waals surface area contributed by atoms with E-state index >= 15 is 0 Å². The number of hydrogen-bond acceptors (Lipinski definition) is 13. The van der Waals surface area contributed by atoms with E-state index in [1.807, 2.05) is 0 Å². The summed E-state index contributed by atoms with van der Waals surface area (Å²) in [6.07, 6.45) is -2.89. The number of likely N-dealkylation sites (tertiary alicyclic amines) is 1. The van der Waals surface area contributed by atoms with Crippen molar-refractivity contribution in [1.82, 2.24) is 4.90 Å². The number of carbonyl (C=O) groups excluding carboxylic acids is 2. The van der Waals surface area contributed by atoms with Crippen LogP contribution in [0.25, 0.3) is 0 Å². The van der Waals surface area contributed by atoms with Crippen LogP contribution in [-0.4, -0.2) is 137 Å². The van der Waals surface area contributed by atoms with Crippen LogP contribution < -0.4 is 9.47 Å². The number of carbonyl (C=O) groups is 2. The summed E-state index contributed by atoms with van der Waals surface area (Å²) >= 11 is 0. The summed E-state index contributed by atoms with van der Waals surface area (Å²) in [6, 6.07) is 4.56. The van der Waals surface area contributed by atoms with Crippen molar-refractivity contribution in [1.29, 1.82) is 0 Å². The van der Waals surface area contributed by atoms with Crippen molar-refractivity contribution >= 4 is 11.9 Å². The average molecular weight is 690 g/mol. The molecule has 1 aliphatic heterocycles. The highest BCUT2D eigenvalue weighted by molar-refractivity contribution is 5.90. The van der Waals surface area contributed by atoms with E-state index in [1.165, 1.54) is 28.3 Å². The number of hydrogen-bond donors (Lipinski definition) is 2. The van der Waals surface area contributed by atoms with Gasteiger partial charge in [0.25, 0.3) is 0 Å². The highest BCUT2D eigenvalue weighted by Crippen LogP contribution is 2.80. The predicted molar refractivity (Wildman–Crippen MR) is 172 cm³/mol. The topological polar surface area (TPSA) is 152 Å². The van der Waals surface area contributed by atoms with E-state index < -0.39 is 76.3 Å². The minimum atomic E-state index is -1.62. The maximum absolute atomic E-state index is 14.1. The van der Waals surface area contributed by atoms with Gasteiger partial charge in [0, 0.05) is 89.4 Å². The first-order valence-corrected chi connectivity index (χ1v) is 17.3. The van der Waals surface area contributed by atoms with Gasteiger partial charge in [-0.3, -0.25) is 9.69 Å². The van der Waals surface area contributed by atoms with E-state index in [0.717, 1.165) is 0 Å². The molecule has 0 radical (unpaired) electrons. The Hall–Kier alpha value is -2.52. The van der Waals surface area contributed by atoms with E-state index in [4.69, 9.17) is 37.9 Å². The minimum Gasteiger partial charge on any atom is -0.493 e. The third-order valence-corrected chi connectivity index (χ3v) is 13.7. The highest BCUT2D eigenvalue weighted by Gasteiger charge is 2.90. The molecule has 1 heterocycles. The molecule has 1 aromatic rings. The first kappa shape index (κ1) is 34.9. The van der Waals surface area contributed by atoms with Crippen molar-refractivity contribution in [2.24, 2.45) is 34.5 Å². The molecule has 5 aliphatic carbocycles.